The van der Waals surface area contributed by atoms with Crippen molar-refractivity contribution in [3.63, 3.8) is 0 Å². The van der Waals surface area contributed by atoms with Crippen LogP contribution in [0.4, 0.5) is 0 Å². The van der Waals surface area contributed by atoms with Gasteiger partial charge in [-0.3, -0.25) is 14.7 Å². The number of amides is 1. The molecule has 1 fully saturated rings. The third-order valence-corrected chi connectivity index (χ3v) is 4.15. The lowest BCUT2D eigenvalue weighted by atomic mass is 10.1. The zero-order valence-corrected chi connectivity index (χ0v) is 14.6. The number of carbonyl (C=O) groups is 1. The zero-order valence-electron chi connectivity index (χ0n) is 14.6. The van der Waals surface area contributed by atoms with Gasteiger partial charge < -0.3 is 11.1 Å². The van der Waals surface area contributed by atoms with Crippen molar-refractivity contribution in [1.82, 2.24) is 25.2 Å². The summed E-state index contributed by atoms with van der Waals surface area (Å²) in [4.78, 5) is 27.5. The molecule has 1 aliphatic rings. The predicted octanol–water partition coefficient (Wildman–Crippen LogP) is 0.965. The highest BCUT2D eigenvalue weighted by Crippen LogP contribution is 2.20. The van der Waals surface area contributed by atoms with E-state index in [1.807, 2.05) is 32.0 Å². The summed E-state index contributed by atoms with van der Waals surface area (Å²) in [5.74, 6) is 0.630. The Morgan fingerprint density at radius 3 is 2.72 bits per heavy atom. The van der Waals surface area contributed by atoms with Gasteiger partial charge in [-0.1, -0.05) is 6.07 Å². The Labute approximate surface area is 147 Å². The van der Waals surface area contributed by atoms with E-state index >= 15 is 0 Å². The number of nitrogens with one attached hydrogen (secondary N) is 1. The molecule has 0 saturated carbocycles. The van der Waals surface area contributed by atoms with Crippen LogP contribution in [0.1, 0.15) is 25.8 Å². The highest BCUT2D eigenvalue weighted by Gasteiger charge is 2.35. The Morgan fingerprint density at radius 2 is 2.08 bits per heavy atom. The molecule has 0 unspecified atom stereocenters. The number of carbonyl (C=O) groups excluding carboxylic acids is 1. The van der Waals surface area contributed by atoms with E-state index in [0.29, 0.717) is 25.3 Å². The molecule has 0 spiro atoms. The quantitative estimate of drug-likeness (QED) is 0.842. The van der Waals surface area contributed by atoms with Gasteiger partial charge in [0.25, 0.3) is 0 Å². The molecule has 3 heterocycles. The van der Waals surface area contributed by atoms with Gasteiger partial charge in [-0.2, -0.15) is 0 Å². The van der Waals surface area contributed by atoms with Gasteiger partial charge in [0, 0.05) is 49.3 Å². The van der Waals surface area contributed by atoms with Crippen LogP contribution >= 0.6 is 0 Å². The summed E-state index contributed by atoms with van der Waals surface area (Å²) in [6, 6.07) is 5.57. The molecule has 7 nitrogen and oxygen atoms in total. The summed E-state index contributed by atoms with van der Waals surface area (Å²) in [5, 5.41) is 2.98. The van der Waals surface area contributed by atoms with E-state index in [2.05, 4.69) is 25.2 Å². The summed E-state index contributed by atoms with van der Waals surface area (Å²) in [7, 11) is 0. The normalized spacial score (nSPS) is 20.8. The third-order valence-electron chi connectivity index (χ3n) is 4.15. The second-order valence-electron chi connectivity index (χ2n) is 6.73. The standard InChI is InChI=1S/C18H24N6O/c1-12(2)23-18(25)16-7-14(19)11-24(16)10-13-8-21-17(22-9-13)15-5-3-4-6-20-15/h3-6,8-9,12,14,16H,7,10-11,19H2,1-2H3,(H,23,25)/t14-,16-/m0/s1. The van der Waals surface area contributed by atoms with Crippen molar-refractivity contribution >= 4 is 5.91 Å². The molecule has 0 aliphatic carbocycles. The van der Waals surface area contributed by atoms with Gasteiger partial charge in [0.15, 0.2) is 5.82 Å². The molecule has 3 N–H and O–H groups in total. The first kappa shape index (κ1) is 17.4. The van der Waals surface area contributed by atoms with E-state index in [-0.39, 0.29) is 24.0 Å². The lowest BCUT2D eigenvalue weighted by molar-refractivity contribution is -0.126. The molecule has 1 aliphatic heterocycles. The van der Waals surface area contributed by atoms with Gasteiger partial charge in [-0.05, 0) is 32.4 Å². The number of likely N-dealkylation sites (tertiary alicyclic amines) is 1. The topological polar surface area (TPSA) is 97.0 Å². The monoisotopic (exact) mass is 340 g/mol. The van der Waals surface area contributed by atoms with Gasteiger partial charge >= 0.3 is 0 Å². The van der Waals surface area contributed by atoms with Crippen molar-refractivity contribution in [1.29, 1.82) is 0 Å². The van der Waals surface area contributed by atoms with Crippen LogP contribution in [0.15, 0.2) is 36.8 Å². The van der Waals surface area contributed by atoms with E-state index in [0.717, 1.165) is 11.3 Å². The van der Waals surface area contributed by atoms with Crippen LogP contribution < -0.4 is 11.1 Å². The van der Waals surface area contributed by atoms with Crippen LogP contribution in [-0.4, -0.2) is 50.4 Å². The van der Waals surface area contributed by atoms with Crippen molar-refractivity contribution in [2.75, 3.05) is 6.54 Å². The highest BCUT2D eigenvalue weighted by atomic mass is 16.2. The van der Waals surface area contributed by atoms with Gasteiger partial charge in [0.05, 0.1) is 6.04 Å². The smallest absolute Gasteiger partial charge is 0.237 e. The zero-order chi connectivity index (χ0) is 17.8. The fourth-order valence-electron chi connectivity index (χ4n) is 3.07. The molecular formula is C18H24N6O. The van der Waals surface area contributed by atoms with E-state index in [1.54, 1.807) is 18.6 Å². The first-order valence-corrected chi connectivity index (χ1v) is 8.55. The first-order valence-electron chi connectivity index (χ1n) is 8.55. The minimum absolute atomic E-state index is 0.0108. The molecule has 3 rings (SSSR count). The van der Waals surface area contributed by atoms with Crippen LogP contribution in [-0.2, 0) is 11.3 Å². The van der Waals surface area contributed by atoms with Crippen molar-refractivity contribution < 1.29 is 4.79 Å². The average Bonchev–Trinajstić information content (AvgIpc) is 2.96. The SMILES string of the molecule is CC(C)NC(=O)[C@@H]1C[C@H](N)CN1Cc1cnc(-c2ccccn2)nc1. The Morgan fingerprint density at radius 1 is 1.32 bits per heavy atom. The maximum Gasteiger partial charge on any atom is 0.237 e. The van der Waals surface area contributed by atoms with Crippen LogP contribution in [0, 0.1) is 0 Å². The maximum atomic E-state index is 12.4. The van der Waals surface area contributed by atoms with E-state index in [9.17, 15) is 4.79 Å². The fourth-order valence-corrected chi connectivity index (χ4v) is 3.07. The molecule has 132 valence electrons. The molecule has 1 saturated heterocycles. The van der Waals surface area contributed by atoms with E-state index in [1.165, 1.54) is 0 Å². The summed E-state index contributed by atoms with van der Waals surface area (Å²) >= 11 is 0. The van der Waals surface area contributed by atoms with Gasteiger partial charge in [0.2, 0.25) is 5.91 Å². The average molecular weight is 340 g/mol. The fraction of sp³-hybridized carbons (Fsp3) is 0.444. The van der Waals surface area contributed by atoms with Crippen molar-refractivity contribution in [3.05, 3.63) is 42.4 Å². The molecule has 1 amide bonds. The summed E-state index contributed by atoms with van der Waals surface area (Å²) in [6.07, 6.45) is 5.97. The second kappa shape index (κ2) is 7.67. The molecule has 25 heavy (non-hydrogen) atoms. The summed E-state index contributed by atoms with van der Waals surface area (Å²) in [5.41, 5.74) is 7.77. The Hall–Kier alpha value is -2.38. The van der Waals surface area contributed by atoms with Gasteiger partial charge in [-0.25, -0.2) is 9.97 Å². The number of pyridine rings is 1. The van der Waals surface area contributed by atoms with E-state index < -0.39 is 0 Å². The number of nitrogens with two attached hydrogens (primary N) is 1. The number of hydrogen-bond donors (Lipinski definition) is 2. The number of rotatable bonds is 5. The number of nitrogens with zero attached hydrogens (tertiary/aromatic N) is 4. The van der Waals surface area contributed by atoms with Crippen LogP contribution in [0.25, 0.3) is 11.5 Å². The number of aromatic nitrogens is 3. The predicted molar refractivity (Wildman–Crippen MR) is 95.3 cm³/mol. The van der Waals surface area contributed by atoms with Crippen molar-refractivity contribution in [3.8, 4) is 11.5 Å². The molecule has 0 aromatic carbocycles. The van der Waals surface area contributed by atoms with Crippen LogP contribution in [0.5, 0.6) is 0 Å². The van der Waals surface area contributed by atoms with Gasteiger partial charge in [0.1, 0.15) is 5.69 Å². The molecule has 2 aromatic heterocycles. The molecule has 0 bridgehead atoms. The Kier molecular flexibility index (Phi) is 5.35. The molecular weight excluding hydrogens is 316 g/mol. The second-order valence-corrected chi connectivity index (χ2v) is 6.73. The van der Waals surface area contributed by atoms with Crippen LogP contribution in [0.2, 0.25) is 0 Å². The number of hydrogen-bond acceptors (Lipinski definition) is 6. The molecule has 2 atom stereocenters. The van der Waals surface area contributed by atoms with Crippen molar-refractivity contribution in [2.45, 2.75) is 44.9 Å². The van der Waals surface area contributed by atoms with Gasteiger partial charge in [-0.15, -0.1) is 0 Å². The minimum atomic E-state index is -0.201. The lowest BCUT2D eigenvalue weighted by Crippen LogP contribution is -2.45. The maximum absolute atomic E-state index is 12.4. The summed E-state index contributed by atoms with van der Waals surface area (Å²) in [6.45, 7) is 5.22. The third kappa shape index (κ3) is 4.37. The minimum Gasteiger partial charge on any atom is -0.353 e. The highest BCUT2D eigenvalue weighted by molar-refractivity contribution is 5.82. The molecule has 0 radical (unpaired) electrons. The lowest BCUT2D eigenvalue weighted by Gasteiger charge is -2.24. The molecule has 2 aromatic rings. The summed E-state index contributed by atoms with van der Waals surface area (Å²) < 4.78 is 0. The van der Waals surface area contributed by atoms with Crippen LogP contribution in [0.3, 0.4) is 0 Å². The van der Waals surface area contributed by atoms with E-state index in [4.69, 9.17) is 5.73 Å². The first-order chi connectivity index (χ1) is 12.0. The van der Waals surface area contributed by atoms with Crippen molar-refractivity contribution in [2.24, 2.45) is 5.73 Å². The Balaban J connectivity index is 1.69. The largest absolute Gasteiger partial charge is 0.353 e. The molecule has 7 heteroatoms. The Bertz CT molecular complexity index is 703.